The largest absolute Gasteiger partial charge is 0.506 e. The van der Waals surface area contributed by atoms with Crippen LogP contribution in [0.4, 0.5) is 0 Å². The van der Waals surface area contributed by atoms with Gasteiger partial charge in [-0.25, -0.2) is 4.79 Å². The Balaban J connectivity index is 2.00. The van der Waals surface area contributed by atoms with Gasteiger partial charge in [0.15, 0.2) is 5.75 Å². The molecule has 41 heavy (non-hydrogen) atoms. The van der Waals surface area contributed by atoms with Crippen molar-refractivity contribution in [3.63, 3.8) is 0 Å². The van der Waals surface area contributed by atoms with Gasteiger partial charge in [0.05, 0.1) is 43.0 Å². The Hall–Kier alpha value is 0.550. The van der Waals surface area contributed by atoms with Crippen LogP contribution in [0.25, 0.3) is 12.2 Å². The van der Waals surface area contributed by atoms with Crippen LogP contribution in [0, 0.1) is 14.3 Å². The van der Waals surface area contributed by atoms with Crippen LogP contribution in [0.2, 0.25) is 20.1 Å². The molecular weight excluding hydrogens is 1060 g/mol. The predicted octanol–water partition coefficient (Wildman–Crippen LogP) is 10.7. The molecule has 0 spiro atoms. The standard InChI is InChI=1S/C29H22Cl4I4O4/c1-3-4-5-6-7-8-9-40-29(39)19-18(20(30)22(32)23(33)21(19)31)17-13-10-15(34)12(2)24(36)27(13)41-28-14(17)11-16(35)26(38)25(28)37/h10-11,38H,2-9H2,1H3. The van der Waals surface area contributed by atoms with Crippen LogP contribution < -0.4 is 15.2 Å². The SMILES string of the molecule is C=c1c(I)cc2c(c1I)Oc1c(cc(I)c(O)c1I)C=2c1c(Cl)c(Cl)c(Cl)c(Cl)c1C(=O)OCCCCCCCC. The van der Waals surface area contributed by atoms with E-state index in [1.165, 1.54) is 6.42 Å². The minimum absolute atomic E-state index is 0.0178. The zero-order valence-corrected chi connectivity index (χ0v) is 33.2. The number of phenolic OH excluding ortho intramolecular Hbond substituents is 1. The topological polar surface area (TPSA) is 55.8 Å². The summed E-state index contributed by atoms with van der Waals surface area (Å²) in [6.45, 7) is 6.59. The van der Waals surface area contributed by atoms with Crippen molar-refractivity contribution in [2.75, 3.05) is 6.61 Å². The molecule has 0 aliphatic carbocycles. The number of halogens is 8. The van der Waals surface area contributed by atoms with E-state index in [0.717, 1.165) is 44.5 Å². The van der Waals surface area contributed by atoms with Crippen molar-refractivity contribution in [3.05, 3.63) is 73.6 Å². The van der Waals surface area contributed by atoms with Crippen molar-refractivity contribution in [3.8, 4) is 17.2 Å². The van der Waals surface area contributed by atoms with Crippen LogP contribution in [0.5, 0.6) is 17.2 Å². The van der Waals surface area contributed by atoms with Gasteiger partial charge < -0.3 is 14.6 Å². The molecular formula is C29H22Cl4I4O4. The summed E-state index contributed by atoms with van der Waals surface area (Å²) in [5, 5.41) is 12.2. The number of fused-ring (bicyclic) bond motifs is 2. The molecule has 1 heterocycles. The number of carbonyl (C=O) groups excluding carboxylic acids is 1. The van der Waals surface area contributed by atoms with E-state index in [4.69, 9.17) is 55.9 Å². The van der Waals surface area contributed by atoms with Gasteiger partial charge in [0.25, 0.3) is 0 Å². The number of benzene rings is 3. The summed E-state index contributed by atoms with van der Waals surface area (Å²) < 4.78 is 14.9. The fourth-order valence-corrected chi connectivity index (χ4v) is 9.10. The molecule has 1 aliphatic rings. The maximum absolute atomic E-state index is 13.7. The van der Waals surface area contributed by atoms with E-state index in [2.05, 4.69) is 81.3 Å². The normalized spacial score (nSPS) is 12.2. The quantitative estimate of drug-likeness (QED) is 0.0597. The van der Waals surface area contributed by atoms with Gasteiger partial charge in [0.2, 0.25) is 0 Å². The first-order valence-corrected chi connectivity index (χ1v) is 18.4. The number of ether oxygens (including phenoxy) is 2. The van der Waals surface area contributed by atoms with E-state index < -0.39 is 5.97 Å². The van der Waals surface area contributed by atoms with Crippen molar-refractivity contribution >= 4 is 155 Å². The Morgan fingerprint density at radius 2 is 1.51 bits per heavy atom. The lowest BCUT2D eigenvalue weighted by atomic mass is 9.89. The van der Waals surface area contributed by atoms with Crippen LogP contribution in [0.3, 0.4) is 0 Å². The number of hydrogen-bond donors (Lipinski definition) is 1. The van der Waals surface area contributed by atoms with Gasteiger partial charge in [-0.3, -0.25) is 0 Å². The first kappa shape index (κ1) is 34.4. The van der Waals surface area contributed by atoms with Gasteiger partial charge >= 0.3 is 5.97 Å². The third-order valence-corrected chi connectivity index (χ3v) is 12.3. The van der Waals surface area contributed by atoms with Crippen LogP contribution >= 0.6 is 137 Å². The van der Waals surface area contributed by atoms with E-state index >= 15 is 0 Å². The third kappa shape index (κ3) is 6.89. The molecule has 0 atom stereocenters. The Kier molecular flexibility index (Phi) is 12.4. The van der Waals surface area contributed by atoms with Gasteiger partial charge in [-0.1, -0.05) is 92.0 Å². The average molecular weight is 1080 g/mol. The third-order valence-electron chi connectivity index (χ3n) is 6.61. The van der Waals surface area contributed by atoms with Crippen molar-refractivity contribution in [1.29, 1.82) is 0 Å². The van der Waals surface area contributed by atoms with Gasteiger partial charge in [0, 0.05) is 25.5 Å². The minimum atomic E-state index is -0.650. The van der Waals surface area contributed by atoms with Crippen LogP contribution in [0.1, 0.15) is 66.9 Å². The zero-order chi connectivity index (χ0) is 30.2. The molecule has 1 N–H and O–H groups in total. The Morgan fingerprint density at radius 1 is 0.878 bits per heavy atom. The minimum Gasteiger partial charge on any atom is -0.506 e. The van der Waals surface area contributed by atoms with Crippen molar-refractivity contribution in [1.82, 2.24) is 0 Å². The Labute approximate surface area is 313 Å². The van der Waals surface area contributed by atoms with Gasteiger partial charge in [0.1, 0.15) is 11.5 Å². The van der Waals surface area contributed by atoms with E-state index in [1.807, 2.05) is 28.7 Å². The molecule has 12 heteroatoms. The molecule has 4 rings (SSSR count). The summed E-state index contributed by atoms with van der Waals surface area (Å²) >= 11 is 35.2. The van der Waals surface area contributed by atoms with Crippen molar-refractivity contribution in [2.45, 2.75) is 45.4 Å². The fraction of sp³-hybridized carbons (Fsp3) is 0.276. The number of esters is 1. The molecule has 0 saturated carbocycles. The molecule has 0 amide bonds. The summed E-state index contributed by atoms with van der Waals surface area (Å²) in [6, 6.07) is 3.70. The second-order valence-electron chi connectivity index (χ2n) is 9.31. The number of phenols is 1. The van der Waals surface area contributed by atoms with E-state index in [1.54, 1.807) is 6.07 Å². The maximum Gasteiger partial charge on any atom is 0.340 e. The number of aromatic hydroxyl groups is 1. The molecule has 1 aliphatic heterocycles. The maximum atomic E-state index is 13.7. The lowest BCUT2D eigenvalue weighted by Gasteiger charge is -2.26. The summed E-state index contributed by atoms with van der Waals surface area (Å²) in [4.78, 5) is 13.7. The number of rotatable bonds is 9. The number of carbonyl (C=O) groups is 1. The molecule has 4 nitrogen and oxygen atoms in total. The van der Waals surface area contributed by atoms with Crippen LogP contribution in [-0.2, 0) is 4.74 Å². The first-order chi connectivity index (χ1) is 19.4. The smallest absolute Gasteiger partial charge is 0.340 e. The van der Waals surface area contributed by atoms with E-state index in [0.29, 0.717) is 35.0 Å². The van der Waals surface area contributed by atoms with Gasteiger partial charge in [-0.05, 0) is 114 Å². The molecule has 0 aromatic heterocycles. The molecule has 3 aromatic carbocycles. The lowest BCUT2D eigenvalue weighted by molar-refractivity contribution is 0.0497. The molecule has 0 unspecified atom stereocenters. The summed E-state index contributed by atoms with van der Waals surface area (Å²) in [5.41, 5.74) is 1.47. The fourth-order valence-electron chi connectivity index (χ4n) is 4.50. The molecule has 0 saturated heterocycles. The summed E-state index contributed by atoms with van der Waals surface area (Å²) in [7, 11) is 0. The molecule has 218 valence electrons. The highest BCUT2D eigenvalue weighted by molar-refractivity contribution is 14.1. The van der Waals surface area contributed by atoms with E-state index in [-0.39, 0.29) is 43.6 Å². The summed E-state index contributed by atoms with van der Waals surface area (Å²) in [5.74, 6) is 0.360. The second kappa shape index (κ2) is 14.8. The van der Waals surface area contributed by atoms with Crippen LogP contribution in [0.15, 0.2) is 12.1 Å². The Bertz CT molecular complexity index is 1680. The highest BCUT2D eigenvalue weighted by Crippen LogP contribution is 2.50. The predicted molar refractivity (Wildman–Crippen MR) is 202 cm³/mol. The van der Waals surface area contributed by atoms with Crippen molar-refractivity contribution < 1.29 is 19.4 Å². The molecule has 0 radical (unpaired) electrons. The highest BCUT2D eigenvalue weighted by atomic mass is 127. The van der Waals surface area contributed by atoms with Gasteiger partial charge in [-0.2, -0.15) is 0 Å². The second-order valence-corrected chi connectivity index (χ2v) is 15.3. The Morgan fingerprint density at radius 3 is 2.20 bits per heavy atom. The van der Waals surface area contributed by atoms with Crippen LogP contribution in [-0.4, -0.2) is 17.7 Å². The molecule has 3 aromatic rings. The number of unbranched alkanes of at least 4 members (excludes halogenated alkanes) is 5. The molecule has 0 bridgehead atoms. The monoisotopic (exact) mass is 1080 g/mol. The lowest BCUT2D eigenvalue weighted by Crippen LogP contribution is -2.26. The summed E-state index contributed by atoms with van der Waals surface area (Å²) in [6.07, 6.45) is 6.27. The van der Waals surface area contributed by atoms with Crippen molar-refractivity contribution in [2.24, 2.45) is 0 Å². The van der Waals surface area contributed by atoms with E-state index in [9.17, 15) is 9.90 Å². The number of hydrogen-bond acceptors (Lipinski definition) is 4. The highest BCUT2D eigenvalue weighted by Gasteiger charge is 2.34. The van der Waals surface area contributed by atoms with Gasteiger partial charge in [-0.15, -0.1) is 0 Å². The zero-order valence-electron chi connectivity index (χ0n) is 21.5. The molecule has 0 fully saturated rings. The first-order valence-electron chi connectivity index (χ1n) is 12.6. The average Bonchev–Trinajstić information content (AvgIpc) is 2.94.